The zero-order valence-corrected chi connectivity index (χ0v) is 15.3. The molecule has 28 heavy (non-hydrogen) atoms. The number of rotatable bonds is 4. The first kappa shape index (κ1) is 17.6. The normalized spacial score (nSPS) is 10.9. The van der Waals surface area contributed by atoms with Crippen molar-refractivity contribution in [1.82, 2.24) is 19.7 Å². The molecule has 8 nitrogen and oxygen atoms in total. The summed E-state index contributed by atoms with van der Waals surface area (Å²) in [5.41, 5.74) is 1.53. The summed E-state index contributed by atoms with van der Waals surface area (Å²) in [6, 6.07) is 14.2. The van der Waals surface area contributed by atoms with E-state index >= 15 is 0 Å². The van der Waals surface area contributed by atoms with Crippen molar-refractivity contribution in [3.8, 4) is 11.4 Å². The Morgan fingerprint density at radius 2 is 1.82 bits per heavy atom. The number of para-hydroxylation sites is 2. The quantitative estimate of drug-likeness (QED) is 0.588. The topological polar surface area (TPSA) is 103 Å². The molecule has 2 aromatic carbocycles. The van der Waals surface area contributed by atoms with Crippen LogP contribution >= 0.6 is 0 Å². The molecule has 0 unspecified atom stereocenters. The number of aromatic nitrogens is 4. The zero-order chi connectivity index (χ0) is 19.7. The van der Waals surface area contributed by atoms with Crippen LogP contribution in [0.15, 0.2) is 57.8 Å². The highest BCUT2D eigenvalue weighted by Crippen LogP contribution is 2.25. The van der Waals surface area contributed by atoms with Crippen LogP contribution in [0.25, 0.3) is 22.3 Å². The first-order valence-electron chi connectivity index (χ1n) is 8.68. The lowest BCUT2D eigenvalue weighted by molar-refractivity contribution is -0.116. The third-order valence-electron chi connectivity index (χ3n) is 4.32. The Balaban J connectivity index is 1.63. The summed E-state index contributed by atoms with van der Waals surface area (Å²) in [5.74, 6) is 0.936. The highest BCUT2D eigenvalue weighted by Gasteiger charge is 2.15. The molecule has 2 aromatic heterocycles. The van der Waals surface area contributed by atoms with Crippen LogP contribution in [0.3, 0.4) is 0 Å². The molecule has 0 fully saturated rings. The summed E-state index contributed by atoms with van der Waals surface area (Å²) in [6.45, 7) is 3.25. The number of hydrogen-bond donors (Lipinski definition) is 1. The Morgan fingerprint density at radius 3 is 2.61 bits per heavy atom. The minimum atomic E-state index is -0.352. The molecule has 2 heterocycles. The maximum atomic E-state index is 12.7. The molecular weight excluding hydrogens is 358 g/mol. The summed E-state index contributed by atoms with van der Waals surface area (Å²) < 4.78 is 6.38. The van der Waals surface area contributed by atoms with E-state index in [0.29, 0.717) is 39.7 Å². The number of hydrogen-bond acceptors (Lipinski definition) is 6. The first-order valence-corrected chi connectivity index (χ1v) is 8.68. The van der Waals surface area contributed by atoms with E-state index in [1.807, 2.05) is 12.1 Å². The van der Waals surface area contributed by atoms with Crippen LogP contribution in [0.4, 0.5) is 5.69 Å². The number of amides is 1. The van der Waals surface area contributed by atoms with Crippen LogP contribution in [0.5, 0.6) is 0 Å². The van der Waals surface area contributed by atoms with Crippen molar-refractivity contribution in [2.45, 2.75) is 20.4 Å². The van der Waals surface area contributed by atoms with E-state index in [4.69, 9.17) is 4.52 Å². The fourth-order valence-electron chi connectivity index (χ4n) is 2.99. The average molecular weight is 375 g/mol. The van der Waals surface area contributed by atoms with E-state index in [1.165, 1.54) is 4.57 Å². The lowest BCUT2D eigenvalue weighted by atomic mass is 10.1. The molecule has 0 aliphatic rings. The first-order chi connectivity index (χ1) is 13.5. The van der Waals surface area contributed by atoms with Gasteiger partial charge >= 0.3 is 0 Å². The molecule has 0 spiro atoms. The van der Waals surface area contributed by atoms with Crippen LogP contribution in [-0.4, -0.2) is 25.6 Å². The van der Waals surface area contributed by atoms with Gasteiger partial charge in [-0.05, 0) is 31.2 Å². The monoisotopic (exact) mass is 375 g/mol. The Labute approximate surface area is 159 Å². The number of fused-ring (bicyclic) bond motifs is 1. The van der Waals surface area contributed by atoms with Crippen LogP contribution in [0.2, 0.25) is 0 Å². The van der Waals surface area contributed by atoms with Gasteiger partial charge in [-0.25, -0.2) is 4.98 Å². The fourth-order valence-corrected chi connectivity index (χ4v) is 2.99. The van der Waals surface area contributed by atoms with Crippen LogP contribution in [-0.2, 0) is 11.3 Å². The molecule has 0 radical (unpaired) electrons. The van der Waals surface area contributed by atoms with Gasteiger partial charge in [0.15, 0.2) is 0 Å². The van der Waals surface area contributed by atoms with E-state index in [-0.39, 0.29) is 18.0 Å². The lowest BCUT2D eigenvalue weighted by Gasteiger charge is -2.12. The van der Waals surface area contributed by atoms with Gasteiger partial charge in [-0.15, -0.1) is 0 Å². The largest absolute Gasteiger partial charge is 0.339 e. The van der Waals surface area contributed by atoms with Gasteiger partial charge in [-0.1, -0.05) is 29.4 Å². The number of aryl methyl sites for hydroxylation is 2. The van der Waals surface area contributed by atoms with Gasteiger partial charge in [0.1, 0.15) is 12.4 Å². The summed E-state index contributed by atoms with van der Waals surface area (Å²) in [6.07, 6.45) is 0. The Bertz CT molecular complexity index is 1240. The van der Waals surface area contributed by atoms with Crippen molar-refractivity contribution in [2.24, 2.45) is 0 Å². The molecular formula is C20H17N5O3. The molecule has 1 N–H and O–H groups in total. The number of nitrogens with one attached hydrogen (secondary N) is 1. The van der Waals surface area contributed by atoms with E-state index in [2.05, 4.69) is 20.4 Å². The van der Waals surface area contributed by atoms with Crippen LogP contribution < -0.4 is 10.9 Å². The lowest BCUT2D eigenvalue weighted by Crippen LogP contribution is -2.30. The molecule has 8 heteroatoms. The molecule has 1 amide bonds. The second-order valence-electron chi connectivity index (χ2n) is 6.30. The molecule has 4 rings (SSSR count). The summed E-state index contributed by atoms with van der Waals surface area (Å²) in [4.78, 5) is 34.0. The SMILES string of the molecule is Cc1nc(-c2ccccc2NC(=O)Cn2c(C)nc3ccccc3c2=O)no1. The van der Waals surface area contributed by atoms with Gasteiger partial charge in [0, 0.05) is 12.5 Å². The predicted octanol–water partition coefficient (Wildman–Crippen LogP) is 2.70. The molecule has 4 aromatic rings. The van der Waals surface area contributed by atoms with Crippen molar-refractivity contribution in [3.05, 3.63) is 70.6 Å². The maximum Gasteiger partial charge on any atom is 0.261 e. The number of anilines is 1. The summed E-state index contributed by atoms with van der Waals surface area (Å²) >= 11 is 0. The standard InChI is InChI=1S/C20H17N5O3/c1-12-21-17-10-6-4-8-15(17)20(27)25(12)11-18(26)23-16-9-5-3-7-14(16)19-22-13(2)28-24-19/h3-10H,11H2,1-2H3,(H,23,26). The van der Waals surface area contributed by atoms with Crippen molar-refractivity contribution >= 4 is 22.5 Å². The Morgan fingerprint density at radius 1 is 1.07 bits per heavy atom. The summed E-state index contributed by atoms with van der Waals surface area (Å²) in [7, 11) is 0. The number of benzene rings is 2. The highest BCUT2D eigenvalue weighted by atomic mass is 16.5. The molecule has 0 saturated carbocycles. The number of nitrogens with zero attached hydrogens (tertiary/aromatic N) is 4. The summed E-state index contributed by atoms with van der Waals surface area (Å²) in [5, 5.41) is 7.19. The predicted molar refractivity (Wildman–Crippen MR) is 104 cm³/mol. The molecule has 0 aliphatic heterocycles. The van der Waals surface area contributed by atoms with Gasteiger partial charge < -0.3 is 9.84 Å². The molecule has 0 aliphatic carbocycles. The van der Waals surface area contributed by atoms with Gasteiger partial charge in [0.05, 0.1) is 16.6 Å². The Kier molecular flexibility index (Phi) is 4.44. The van der Waals surface area contributed by atoms with Gasteiger partial charge in [-0.3, -0.25) is 14.2 Å². The average Bonchev–Trinajstić information content (AvgIpc) is 3.12. The molecule has 140 valence electrons. The third kappa shape index (κ3) is 3.27. The van der Waals surface area contributed by atoms with E-state index < -0.39 is 0 Å². The van der Waals surface area contributed by atoms with Crippen LogP contribution in [0.1, 0.15) is 11.7 Å². The van der Waals surface area contributed by atoms with Crippen molar-refractivity contribution in [1.29, 1.82) is 0 Å². The Hall–Kier alpha value is -3.81. The maximum absolute atomic E-state index is 12.7. The van der Waals surface area contributed by atoms with Gasteiger partial charge in [-0.2, -0.15) is 4.98 Å². The zero-order valence-electron chi connectivity index (χ0n) is 15.3. The molecule has 0 bridgehead atoms. The van der Waals surface area contributed by atoms with Gasteiger partial charge in [0.2, 0.25) is 17.6 Å². The van der Waals surface area contributed by atoms with Crippen molar-refractivity contribution in [3.63, 3.8) is 0 Å². The fraction of sp³-hybridized carbons (Fsp3) is 0.150. The second-order valence-corrected chi connectivity index (χ2v) is 6.30. The van der Waals surface area contributed by atoms with E-state index in [1.54, 1.807) is 50.2 Å². The third-order valence-corrected chi connectivity index (χ3v) is 4.32. The van der Waals surface area contributed by atoms with Crippen LogP contribution in [0, 0.1) is 13.8 Å². The minimum absolute atomic E-state index is 0.151. The van der Waals surface area contributed by atoms with Crippen molar-refractivity contribution in [2.75, 3.05) is 5.32 Å². The van der Waals surface area contributed by atoms with E-state index in [9.17, 15) is 9.59 Å². The number of carbonyl (C=O) groups excluding carboxylic acids is 1. The minimum Gasteiger partial charge on any atom is -0.339 e. The van der Waals surface area contributed by atoms with E-state index in [0.717, 1.165) is 0 Å². The van der Waals surface area contributed by atoms with Gasteiger partial charge in [0.25, 0.3) is 5.56 Å². The van der Waals surface area contributed by atoms with Crippen molar-refractivity contribution < 1.29 is 9.32 Å². The number of carbonyl (C=O) groups is 1. The second kappa shape index (κ2) is 7.07. The molecule has 0 atom stereocenters. The highest BCUT2D eigenvalue weighted by molar-refractivity contribution is 5.94. The smallest absolute Gasteiger partial charge is 0.261 e. The molecule has 0 saturated heterocycles.